The zero-order valence-corrected chi connectivity index (χ0v) is 12.5. The Kier molecular flexibility index (Phi) is 6.21. The molecule has 3 unspecified atom stereocenters. The third-order valence-corrected chi connectivity index (χ3v) is 6.54. The maximum atomic E-state index is 11.2. The molecule has 0 spiro atoms. The SMILES string of the molecule is CCCCCCC(S)C1(C(C)C(=O)O)CCS1. The number of hydrogen-bond donors (Lipinski definition) is 2. The number of carbonyl (C=O) groups is 1. The molecule has 4 heteroatoms. The minimum absolute atomic E-state index is 0.110. The summed E-state index contributed by atoms with van der Waals surface area (Å²) in [5.41, 5.74) is 0. The molecule has 0 aromatic carbocycles. The van der Waals surface area contributed by atoms with E-state index in [2.05, 4.69) is 6.92 Å². The average molecular weight is 276 g/mol. The van der Waals surface area contributed by atoms with Crippen LogP contribution in [-0.4, -0.2) is 26.8 Å². The highest BCUT2D eigenvalue weighted by Crippen LogP contribution is 2.51. The van der Waals surface area contributed by atoms with Crippen LogP contribution in [0.15, 0.2) is 0 Å². The van der Waals surface area contributed by atoms with Gasteiger partial charge >= 0.3 is 5.97 Å². The molecule has 0 radical (unpaired) electrons. The fraction of sp³-hybridized carbons (Fsp3) is 0.923. The Hall–Kier alpha value is 0.170. The van der Waals surface area contributed by atoms with Crippen molar-refractivity contribution in [1.29, 1.82) is 0 Å². The van der Waals surface area contributed by atoms with Crippen LogP contribution in [0.1, 0.15) is 52.4 Å². The van der Waals surface area contributed by atoms with Crippen molar-refractivity contribution in [3.8, 4) is 0 Å². The van der Waals surface area contributed by atoms with Crippen LogP contribution in [-0.2, 0) is 4.79 Å². The van der Waals surface area contributed by atoms with Crippen molar-refractivity contribution in [2.45, 2.75) is 62.4 Å². The van der Waals surface area contributed by atoms with Crippen LogP contribution >= 0.6 is 24.4 Å². The summed E-state index contributed by atoms with van der Waals surface area (Å²) in [6, 6.07) is 0. The number of unbranched alkanes of at least 4 members (excludes halogenated alkanes) is 3. The number of rotatable bonds is 8. The number of thiol groups is 1. The summed E-state index contributed by atoms with van der Waals surface area (Å²) in [5.74, 6) is 0.128. The van der Waals surface area contributed by atoms with Crippen LogP contribution in [0.4, 0.5) is 0 Å². The molecular weight excluding hydrogens is 252 g/mol. The van der Waals surface area contributed by atoms with Gasteiger partial charge in [-0.2, -0.15) is 24.4 Å². The third kappa shape index (κ3) is 3.57. The highest BCUT2D eigenvalue weighted by atomic mass is 32.2. The molecule has 1 fully saturated rings. The highest BCUT2D eigenvalue weighted by molar-refractivity contribution is 8.02. The summed E-state index contributed by atoms with van der Waals surface area (Å²) in [6.45, 7) is 4.04. The van der Waals surface area contributed by atoms with E-state index in [1.54, 1.807) is 11.8 Å². The molecule has 3 atom stereocenters. The van der Waals surface area contributed by atoms with Crippen molar-refractivity contribution in [1.82, 2.24) is 0 Å². The van der Waals surface area contributed by atoms with Crippen molar-refractivity contribution >= 4 is 30.4 Å². The molecule has 0 aromatic heterocycles. The lowest BCUT2D eigenvalue weighted by molar-refractivity contribution is -0.142. The van der Waals surface area contributed by atoms with Gasteiger partial charge in [0, 0.05) is 10.00 Å². The van der Waals surface area contributed by atoms with E-state index in [0.717, 1.165) is 18.6 Å². The smallest absolute Gasteiger partial charge is 0.307 e. The van der Waals surface area contributed by atoms with E-state index in [1.165, 1.54) is 25.7 Å². The molecule has 1 N–H and O–H groups in total. The Bertz CT molecular complexity index is 252. The van der Waals surface area contributed by atoms with Crippen molar-refractivity contribution in [2.24, 2.45) is 5.92 Å². The van der Waals surface area contributed by atoms with Gasteiger partial charge < -0.3 is 5.11 Å². The average Bonchev–Trinajstić information content (AvgIpc) is 2.22. The van der Waals surface area contributed by atoms with Crippen LogP contribution in [0.5, 0.6) is 0 Å². The standard InChI is InChI=1S/C13H24O2S2/c1-3-4-5-6-7-11(16)13(8-9-17-13)10(2)12(14)15/h10-11,16H,3-9H2,1-2H3,(H,14,15). The molecule has 1 saturated heterocycles. The third-order valence-electron chi connectivity index (χ3n) is 3.86. The molecule has 0 aromatic rings. The Morgan fingerprint density at radius 2 is 2.12 bits per heavy atom. The topological polar surface area (TPSA) is 37.3 Å². The van der Waals surface area contributed by atoms with Crippen LogP contribution in [0.2, 0.25) is 0 Å². The quantitative estimate of drug-likeness (QED) is 0.522. The Morgan fingerprint density at radius 3 is 2.53 bits per heavy atom. The lowest BCUT2D eigenvalue weighted by Gasteiger charge is -2.48. The molecule has 17 heavy (non-hydrogen) atoms. The van der Waals surface area contributed by atoms with Crippen LogP contribution in [0, 0.1) is 5.92 Å². The zero-order chi connectivity index (χ0) is 12.9. The molecule has 1 rings (SSSR count). The predicted octanol–water partition coefficient (Wildman–Crippen LogP) is 3.85. The second-order valence-electron chi connectivity index (χ2n) is 4.98. The Balaban J connectivity index is 2.46. The van der Waals surface area contributed by atoms with E-state index in [4.69, 9.17) is 12.6 Å². The fourth-order valence-corrected chi connectivity index (χ4v) is 4.54. The lowest BCUT2D eigenvalue weighted by atomic mass is 9.84. The Labute approximate surface area is 114 Å². The number of carboxylic acids is 1. The van der Waals surface area contributed by atoms with Crippen molar-refractivity contribution < 1.29 is 9.90 Å². The van der Waals surface area contributed by atoms with E-state index in [1.807, 2.05) is 6.92 Å². The van der Waals surface area contributed by atoms with Gasteiger partial charge in [-0.05, 0) is 18.6 Å². The number of thioether (sulfide) groups is 1. The number of hydrogen-bond acceptors (Lipinski definition) is 3. The molecule has 0 aliphatic carbocycles. The molecular formula is C13H24O2S2. The van der Waals surface area contributed by atoms with Crippen molar-refractivity contribution in [3.63, 3.8) is 0 Å². The monoisotopic (exact) mass is 276 g/mol. The van der Waals surface area contributed by atoms with Gasteiger partial charge in [-0.25, -0.2) is 0 Å². The van der Waals surface area contributed by atoms with Gasteiger partial charge in [0.15, 0.2) is 0 Å². The first-order valence-electron chi connectivity index (χ1n) is 6.59. The molecule has 1 aliphatic rings. The molecule has 1 aliphatic heterocycles. The van der Waals surface area contributed by atoms with Crippen LogP contribution in [0.25, 0.3) is 0 Å². The van der Waals surface area contributed by atoms with Crippen molar-refractivity contribution in [3.05, 3.63) is 0 Å². The summed E-state index contributed by atoms with van der Waals surface area (Å²) >= 11 is 6.50. The molecule has 100 valence electrons. The molecule has 2 nitrogen and oxygen atoms in total. The Morgan fingerprint density at radius 1 is 1.47 bits per heavy atom. The molecule has 0 amide bonds. The van der Waals surface area contributed by atoms with E-state index >= 15 is 0 Å². The minimum Gasteiger partial charge on any atom is -0.481 e. The summed E-state index contributed by atoms with van der Waals surface area (Å²) < 4.78 is -0.110. The van der Waals surface area contributed by atoms with E-state index in [0.29, 0.717) is 0 Å². The molecule has 0 bridgehead atoms. The van der Waals surface area contributed by atoms with E-state index < -0.39 is 5.97 Å². The molecule has 0 saturated carbocycles. The normalized spacial score (nSPS) is 27.2. The summed E-state index contributed by atoms with van der Waals surface area (Å²) in [7, 11) is 0. The lowest BCUT2D eigenvalue weighted by Crippen LogP contribution is -2.51. The second-order valence-corrected chi connectivity index (χ2v) is 7.06. The number of carboxylic acid groups (broad SMARTS) is 1. The van der Waals surface area contributed by atoms with E-state index in [9.17, 15) is 9.90 Å². The van der Waals surface area contributed by atoms with Gasteiger partial charge in [0.05, 0.1) is 5.92 Å². The van der Waals surface area contributed by atoms with Crippen molar-refractivity contribution in [2.75, 3.05) is 5.75 Å². The summed E-state index contributed by atoms with van der Waals surface area (Å²) in [4.78, 5) is 11.2. The summed E-state index contributed by atoms with van der Waals surface area (Å²) in [6.07, 6.45) is 6.99. The van der Waals surface area contributed by atoms with Gasteiger partial charge in [-0.1, -0.05) is 39.5 Å². The highest BCUT2D eigenvalue weighted by Gasteiger charge is 2.50. The van der Waals surface area contributed by atoms with Gasteiger partial charge in [0.2, 0.25) is 0 Å². The minimum atomic E-state index is -0.676. The van der Waals surface area contributed by atoms with Gasteiger partial charge in [0.1, 0.15) is 0 Å². The zero-order valence-electron chi connectivity index (χ0n) is 10.8. The van der Waals surface area contributed by atoms with Crippen LogP contribution in [0.3, 0.4) is 0 Å². The maximum Gasteiger partial charge on any atom is 0.307 e. The first kappa shape index (κ1) is 15.2. The maximum absolute atomic E-state index is 11.2. The van der Waals surface area contributed by atoms with E-state index in [-0.39, 0.29) is 15.9 Å². The van der Waals surface area contributed by atoms with Gasteiger partial charge in [0.25, 0.3) is 0 Å². The second kappa shape index (κ2) is 6.93. The number of aliphatic carboxylic acids is 1. The first-order chi connectivity index (χ1) is 8.04. The molecule has 1 heterocycles. The fourth-order valence-electron chi connectivity index (χ4n) is 2.45. The predicted molar refractivity (Wildman–Crippen MR) is 78.1 cm³/mol. The van der Waals surface area contributed by atoms with Crippen LogP contribution < -0.4 is 0 Å². The van der Waals surface area contributed by atoms with Gasteiger partial charge in [-0.3, -0.25) is 4.79 Å². The van der Waals surface area contributed by atoms with Gasteiger partial charge in [-0.15, -0.1) is 0 Å². The first-order valence-corrected chi connectivity index (χ1v) is 8.09. The largest absolute Gasteiger partial charge is 0.481 e. The summed E-state index contributed by atoms with van der Waals surface area (Å²) in [5, 5.41) is 9.42.